The summed E-state index contributed by atoms with van der Waals surface area (Å²) in [6.07, 6.45) is 2.28. The molecule has 2 nitrogen and oxygen atoms in total. The fourth-order valence-electron chi connectivity index (χ4n) is 1.80. The highest BCUT2D eigenvalue weighted by Gasteiger charge is 2.23. The number of carbonyl (C=O) groups excluding carboxylic acids is 1. The van der Waals surface area contributed by atoms with E-state index in [9.17, 15) is 4.79 Å². The van der Waals surface area contributed by atoms with Crippen LogP contribution in [-0.4, -0.2) is 22.2 Å². The Kier molecular flexibility index (Phi) is 8.05. The average molecular weight is 343 g/mol. The van der Waals surface area contributed by atoms with E-state index in [0.717, 1.165) is 6.42 Å². The molecule has 2 atom stereocenters. The van der Waals surface area contributed by atoms with Crippen LogP contribution in [0.2, 0.25) is 0 Å². The van der Waals surface area contributed by atoms with Crippen LogP contribution in [0.5, 0.6) is 0 Å². The molecule has 0 fully saturated rings. The summed E-state index contributed by atoms with van der Waals surface area (Å²) in [5.74, 6) is 0.688. The molecule has 0 aromatic heterocycles. The maximum Gasteiger partial charge on any atom is 0.292 e. The third-order valence-corrected chi connectivity index (χ3v) is 4.22. The van der Waals surface area contributed by atoms with Gasteiger partial charge in [0, 0.05) is 42.2 Å². The lowest BCUT2D eigenvalue weighted by molar-refractivity contribution is 0.171. The zero-order valence-electron chi connectivity index (χ0n) is 10.3. The van der Waals surface area contributed by atoms with Gasteiger partial charge in [0.2, 0.25) is 0 Å². The molecule has 0 saturated carbocycles. The fourth-order valence-corrected chi connectivity index (χ4v) is 2.95. The molecule has 2 unspecified atom stereocenters. The highest BCUT2D eigenvalue weighted by molar-refractivity contribution is 14.2. The monoisotopic (exact) mass is 343 g/mol. The molecule has 0 N–H and O–H groups in total. The molecule has 0 aliphatic heterocycles. The van der Waals surface area contributed by atoms with Crippen LogP contribution in [0.4, 0.5) is 4.79 Å². The van der Waals surface area contributed by atoms with E-state index in [4.69, 9.17) is 0 Å². The van der Waals surface area contributed by atoms with Crippen LogP contribution in [0.15, 0.2) is 0 Å². The standard InChI is InChI=1S/C11H22INOS/c1-6-9(4)7-10(5)13(8(2)3)11(14)15-12/h8-10H,6-7H2,1-5H3. The van der Waals surface area contributed by atoms with E-state index in [1.807, 2.05) is 4.90 Å². The molecule has 0 heterocycles. The Morgan fingerprint density at radius 2 is 1.87 bits per heavy atom. The summed E-state index contributed by atoms with van der Waals surface area (Å²) in [7, 11) is 1.28. The number of halogens is 1. The summed E-state index contributed by atoms with van der Waals surface area (Å²) < 4.78 is 0. The van der Waals surface area contributed by atoms with Crippen molar-refractivity contribution in [3.8, 4) is 0 Å². The normalized spacial score (nSPS) is 15.1. The second kappa shape index (κ2) is 7.76. The van der Waals surface area contributed by atoms with Crippen molar-refractivity contribution < 1.29 is 4.79 Å². The second-order valence-electron chi connectivity index (χ2n) is 4.44. The van der Waals surface area contributed by atoms with Gasteiger partial charge in [-0.3, -0.25) is 4.79 Å². The SMILES string of the molecule is CCC(C)CC(C)N(C(=O)SI)C(C)C. The topological polar surface area (TPSA) is 20.3 Å². The molecule has 0 spiro atoms. The van der Waals surface area contributed by atoms with Crippen LogP contribution in [-0.2, 0) is 0 Å². The zero-order valence-corrected chi connectivity index (χ0v) is 13.3. The second-order valence-corrected chi connectivity index (χ2v) is 6.27. The van der Waals surface area contributed by atoms with Crippen molar-refractivity contribution in [3.63, 3.8) is 0 Å². The summed E-state index contributed by atoms with van der Waals surface area (Å²) in [6.45, 7) is 10.8. The van der Waals surface area contributed by atoms with Gasteiger partial charge in [-0.15, -0.1) is 0 Å². The van der Waals surface area contributed by atoms with Gasteiger partial charge in [-0.2, -0.15) is 0 Å². The summed E-state index contributed by atoms with van der Waals surface area (Å²) in [4.78, 5) is 13.7. The fraction of sp³-hybridized carbons (Fsp3) is 0.909. The van der Waals surface area contributed by atoms with Crippen LogP contribution >= 0.6 is 30.1 Å². The molecule has 0 radical (unpaired) electrons. The molecule has 1 amide bonds. The summed E-state index contributed by atoms with van der Waals surface area (Å²) in [6, 6.07) is 0.633. The predicted octanol–water partition coefficient (Wildman–Crippen LogP) is 4.72. The van der Waals surface area contributed by atoms with E-state index in [0.29, 0.717) is 18.0 Å². The first-order valence-corrected chi connectivity index (χ1v) is 8.90. The van der Waals surface area contributed by atoms with E-state index < -0.39 is 0 Å². The number of carbonyl (C=O) groups is 1. The Bertz CT molecular complexity index is 199. The molecular weight excluding hydrogens is 321 g/mol. The smallest absolute Gasteiger partial charge is 0.292 e. The van der Waals surface area contributed by atoms with Crippen LogP contribution in [0.1, 0.15) is 47.5 Å². The number of rotatable bonds is 5. The number of amides is 1. The van der Waals surface area contributed by atoms with Crippen molar-refractivity contribution >= 4 is 35.4 Å². The highest BCUT2D eigenvalue weighted by atomic mass is 127. The lowest BCUT2D eigenvalue weighted by Crippen LogP contribution is -2.41. The van der Waals surface area contributed by atoms with Crippen molar-refractivity contribution in [2.45, 2.75) is 59.5 Å². The largest absolute Gasteiger partial charge is 0.328 e. The first-order chi connectivity index (χ1) is 6.93. The molecule has 0 aliphatic carbocycles. The minimum atomic E-state index is 0.182. The lowest BCUT2D eigenvalue weighted by Gasteiger charge is -2.33. The number of hydrogen-bond acceptors (Lipinski definition) is 2. The Labute approximate surface area is 110 Å². The first kappa shape index (κ1) is 15.6. The average Bonchev–Trinajstić information content (AvgIpc) is 2.16. The van der Waals surface area contributed by atoms with E-state index in [1.165, 1.54) is 15.4 Å². The Hall–Kier alpha value is 0.550. The summed E-state index contributed by atoms with van der Waals surface area (Å²) in [5, 5.41) is 0.182. The van der Waals surface area contributed by atoms with Gasteiger partial charge < -0.3 is 4.90 Å². The first-order valence-electron chi connectivity index (χ1n) is 5.54. The van der Waals surface area contributed by atoms with Gasteiger partial charge in [-0.25, -0.2) is 0 Å². The maximum atomic E-state index is 11.7. The van der Waals surface area contributed by atoms with Gasteiger partial charge >= 0.3 is 0 Å². The van der Waals surface area contributed by atoms with E-state index in [2.05, 4.69) is 55.8 Å². The van der Waals surface area contributed by atoms with Crippen LogP contribution in [0.3, 0.4) is 0 Å². The van der Waals surface area contributed by atoms with Crippen LogP contribution in [0, 0.1) is 5.92 Å². The maximum absolute atomic E-state index is 11.7. The molecule has 15 heavy (non-hydrogen) atoms. The minimum Gasteiger partial charge on any atom is -0.328 e. The Balaban J connectivity index is 4.42. The number of nitrogens with zero attached hydrogens (tertiary/aromatic N) is 1. The summed E-state index contributed by atoms with van der Waals surface area (Å²) in [5.41, 5.74) is 0. The third-order valence-electron chi connectivity index (χ3n) is 2.75. The van der Waals surface area contributed by atoms with Crippen LogP contribution in [0.25, 0.3) is 0 Å². The molecule has 0 saturated heterocycles. The van der Waals surface area contributed by atoms with Crippen molar-refractivity contribution in [2.75, 3.05) is 0 Å². The lowest BCUT2D eigenvalue weighted by atomic mass is 9.99. The van der Waals surface area contributed by atoms with Crippen molar-refractivity contribution in [1.82, 2.24) is 4.90 Å². The quantitative estimate of drug-likeness (QED) is 0.673. The van der Waals surface area contributed by atoms with Crippen molar-refractivity contribution in [1.29, 1.82) is 0 Å². The minimum absolute atomic E-state index is 0.182. The van der Waals surface area contributed by atoms with E-state index in [-0.39, 0.29) is 5.24 Å². The molecule has 0 rings (SSSR count). The Morgan fingerprint density at radius 1 is 1.33 bits per heavy atom. The predicted molar refractivity (Wildman–Crippen MR) is 77.5 cm³/mol. The van der Waals surface area contributed by atoms with E-state index >= 15 is 0 Å². The van der Waals surface area contributed by atoms with Crippen LogP contribution < -0.4 is 0 Å². The highest BCUT2D eigenvalue weighted by Crippen LogP contribution is 2.24. The third kappa shape index (κ3) is 5.43. The van der Waals surface area contributed by atoms with Crippen molar-refractivity contribution in [3.05, 3.63) is 0 Å². The molecular formula is C11H22INOS. The number of hydrogen-bond donors (Lipinski definition) is 0. The summed E-state index contributed by atoms with van der Waals surface area (Å²) >= 11 is 2.06. The van der Waals surface area contributed by atoms with E-state index in [1.54, 1.807) is 0 Å². The molecule has 0 aromatic carbocycles. The van der Waals surface area contributed by atoms with Gasteiger partial charge in [-0.1, -0.05) is 20.3 Å². The zero-order chi connectivity index (χ0) is 12.0. The molecule has 0 aliphatic rings. The molecule has 0 aromatic rings. The van der Waals surface area contributed by atoms with Gasteiger partial charge in [-0.05, 0) is 33.1 Å². The molecule has 4 heteroatoms. The molecule has 0 bridgehead atoms. The van der Waals surface area contributed by atoms with Gasteiger partial charge in [0.1, 0.15) is 0 Å². The van der Waals surface area contributed by atoms with Gasteiger partial charge in [0.15, 0.2) is 0 Å². The Morgan fingerprint density at radius 3 is 2.20 bits per heavy atom. The van der Waals surface area contributed by atoms with Gasteiger partial charge in [0.25, 0.3) is 5.24 Å². The van der Waals surface area contributed by atoms with Crippen molar-refractivity contribution in [2.24, 2.45) is 5.92 Å². The van der Waals surface area contributed by atoms with Gasteiger partial charge in [0.05, 0.1) is 0 Å². The molecule has 90 valence electrons.